The van der Waals surface area contributed by atoms with Crippen molar-refractivity contribution in [2.45, 2.75) is 39.9 Å². The van der Waals surface area contributed by atoms with Crippen LogP contribution in [0, 0.1) is 31.3 Å². The second kappa shape index (κ2) is 10.9. The van der Waals surface area contributed by atoms with E-state index in [1.54, 1.807) is 19.1 Å². The zero-order valence-corrected chi connectivity index (χ0v) is 21.4. The van der Waals surface area contributed by atoms with Crippen LogP contribution in [0.5, 0.6) is 5.75 Å². The fraction of sp³-hybridized carbons (Fsp3) is 0.231. The first-order chi connectivity index (χ1) is 18.1. The summed E-state index contributed by atoms with van der Waals surface area (Å²) >= 11 is 6.24. The van der Waals surface area contributed by atoms with E-state index in [1.807, 2.05) is 0 Å². The summed E-state index contributed by atoms with van der Waals surface area (Å²) < 4.78 is 65.8. The number of aromatic amines is 1. The zero-order valence-electron chi connectivity index (χ0n) is 22.6. The number of aromatic nitrogens is 4. The molecule has 3 N–H and O–H groups in total. The molecule has 38 heavy (non-hydrogen) atoms. The van der Waals surface area contributed by atoms with Crippen molar-refractivity contribution in [3.05, 3.63) is 98.2 Å². The summed E-state index contributed by atoms with van der Waals surface area (Å²) in [6, 6.07) is 6.36. The third-order valence-electron chi connectivity index (χ3n) is 5.45. The van der Waals surface area contributed by atoms with Crippen molar-refractivity contribution in [3.63, 3.8) is 0 Å². The van der Waals surface area contributed by atoms with Gasteiger partial charge in [0.25, 0.3) is 11.3 Å². The Morgan fingerprint density at radius 2 is 1.95 bits per heavy atom. The molecule has 0 amide bonds. The summed E-state index contributed by atoms with van der Waals surface area (Å²) in [4.78, 5) is 23.9. The topological polar surface area (TPSA) is 121 Å². The number of hydrogen-bond donors (Lipinski definition) is 1. The van der Waals surface area contributed by atoms with E-state index < -0.39 is 51.6 Å². The monoisotopic (exact) mass is 550 g/mol. The van der Waals surface area contributed by atoms with Gasteiger partial charge in [0.1, 0.15) is 45.8 Å². The molecule has 4 aromatic rings. The van der Waals surface area contributed by atoms with Gasteiger partial charge in [-0.2, -0.15) is 4.39 Å². The number of pyridine rings is 4. The van der Waals surface area contributed by atoms with E-state index in [-0.39, 0.29) is 28.2 Å². The third-order valence-corrected chi connectivity index (χ3v) is 5.80. The predicted molar refractivity (Wildman–Crippen MR) is 132 cm³/mol. The van der Waals surface area contributed by atoms with Crippen LogP contribution >= 0.6 is 11.6 Å². The SMILES string of the molecule is [2H]C([2H])(Oc1cc(C)n(-c2c(C)c[nH+]c(-c3cccc(C(C)(C)O)n3)c2F)c(=O)c1Cl)c1ncc(F)cc1F.[OH-]. The maximum atomic E-state index is 16.0. The molecule has 0 saturated heterocycles. The maximum Gasteiger partial charge on any atom is 0.278 e. The van der Waals surface area contributed by atoms with Crippen LogP contribution in [-0.2, 0) is 12.2 Å². The first-order valence-corrected chi connectivity index (χ1v) is 11.3. The molecule has 0 radical (unpaired) electrons. The number of H-pyrrole nitrogens is 1. The molecular formula is C26H24ClF3N4O4. The normalized spacial score (nSPS) is 12.4. The van der Waals surface area contributed by atoms with Crippen molar-refractivity contribution < 1.29 is 36.2 Å². The Morgan fingerprint density at radius 3 is 2.61 bits per heavy atom. The third kappa shape index (κ3) is 5.54. The van der Waals surface area contributed by atoms with E-state index >= 15 is 4.39 Å². The van der Waals surface area contributed by atoms with Crippen molar-refractivity contribution in [3.8, 4) is 22.8 Å². The molecule has 8 nitrogen and oxygen atoms in total. The fourth-order valence-electron chi connectivity index (χ4n) is 3.61. The van der Waals surface area contributed by atoms with Crippen molar-refractivity contribution >= 4 is 11.6 Å². The molecule has 0 saturated carbocycles. The molecule has 0 aliphatic heterocycles. The molecule has 0 aliphatic rings. The molecule has 0 unspecified atom stereocenters. The van der Waals surface area contributed by atoms with Crippen molar-refractivity contribution in [2.24, 2.45) is 0 Å². The lowest BCUT2D eigenvalue weighted by Gasteiger charge is -2.17. The summed E-state index contributed by atoms with van der Waals surface area (Å²) in [6.45, 7) is 3.15. The van der Waals surface area contributed by atoms with Crippen molar-refractivity contribution in [1.29, 1.82) is 0 Å². The summed E-state index contributed by atoms with van der Waals surface area (Å²) in [7, 11) is 0. The van der Waals surface area contributed by atoms with Crippen LogP contribution in [-0.4, -0.2) is 25.1 Å². The Hall–Kier alpha value is -3.80. The standard InChI is InChI=1S/C26H22ClF3N4O3.H2O/c1-13-10-32-23(17-6-5-7-20(33-17)26(3,4)36)22(30)24(13)34-14(2)8-19(21(27)25(34)35)37-12-18-16(29)9-15(28)11-31-18;/h5-11,36H,12H2,1-4H3;1H2/i12D2;. The first kappa shape index (κ1) is 25.8. The van der Waals surface area contributed by atoms with E-state index in [0.717, 1.165) is 4.57 Å². The van der Waals surface area contributed by atoms with Gasteiger partial charge >= 0.3 is 0 Å². The minimum atomic E-state index is -2.93. The van der Waals surface area contributed by atoms with Gasteiger partial charge in [0, 0.05) is 23.4 Å². The molecule has 200 valence electrons. The number of halogens is 4. The number of aliphatic hydroxyl groups is 1. The Bertz CT molecular complexity index is 1660. The maximum absolute atomic E-state index is 16.0. The number of nitrogens with zero attached hydrogens (tertiary/aromatic N) is 3. The van der Waals surface area contributed by atoms with Crippen molar-refractivity contribution in [1.82, 2.24) is 14.5 Å². The van der Waals surface area contributed by atoms with Gasteiger partial charge in [-0.1, -0.05) is 17.7 Å². The van der Waals surface area contributed by atoms with Gasteiger partial charge in [-0.3, -0.25) is 14.3 Å². The fourth-order valence-corrected chi connectivity index (χ4v) is 3.78. The van der Waals surface area contributed by atoms with Crippen LogP contribution in [0.25, 0.3) is 17.1 Å². The second-order valence-electron chi connectivity index (χ2n) is 8.77. The molecule has 0 aromatic carbocycles. The van der Waals surface area contributed by atoms with Crippen LogP contribution in [0.2, 0.25) is 5.02 Å². The highest BCUT2D eigenvalue weighted by molar-refractivity contribution is 6.31. The Balaban J connectivity index is 0.00000441. The van der Waals surface area contributed by atoms with E-state index in [4.69, 9.17) is 19.1 Å². The molecule has 4 heterocycles. The number of rotatable bonds is 6. The summed E-state index contributed by atoms with van der Waals surface area (Å²) in [5.74, 6) is -3.60. The largest absolute Gasteiger partial charge is 0.870 e. The minimum Gasteiger partial charge on any atom is -0.870 e. The molecule has 0 aliphatic carbocycles. The number of ether oxygens (including phenoxy) is 1. The average Bonchev–Trinajstić information content (AvgIpc) is 2.83. The Morgan fingerprint density at radius 1 is 1.24 bits per heavy atom. The highest BCUT2D eigenvalue weighted by Gasteiger charge is 2.27. The van der Waals surface area contributed by atoms with E-state index in [2.05, 4.69) is 15.0 Å². The summed E-state index contributed by atoms with van der Waals surface area (Å²) in [6.07, 6.45) is 2.09. The Kier molecular flexibility index (Phi) is 7.41. The number of hydrogen-bond acceptors (Lipinski definition) is 6. The molecule has 0 spiro atoms. The first-order valence-electron chi connectivity index (χ1n) is 12.0. The molecule has 0 bridgehead atoms. The van der Waals surface area contributed by atoms with Gasteiger partial charge in [-0.05, 0) is 39.8 Å². The van der Waals surface area contributed by atoms with Gasteiger partial charge in [0.05, 0.1) is 14.6 Å². The van der Waals surface area contributed by atoms with Crippen LogP contribution in [0.4, 0.5) is 13.2 Å². The van der Waals surface area contributed by atoms with Gasteiger partial charge in [0.2, 0.25) is 5.82 Å². The van der Waals surface area contributed by atoms with Gasteiger partial charge in [0.15, 0.2) is 12.0 Å². The highest BCUT2D eigenvalue weighted by atomic mass is 35.5. The van der Waals surface area contributed by atoms with Crippen LogP contribution in [0.15, 0.2) is 47.5 Å². The lowest BCUT2D eigenvalue weighted by Crippen LogP contribution is -2.26. The quantitative estimate of drug-likeness (QED) is 0.379. The van der Waals surface area contributed by atoms with E-state index in [9.17, 15) is 18.7 Å². The minimum absolute atomic E-state index is 0. The zero-order chi connectivity index (χ0) is 28.9. The molecule has 4 aromatic heterocycles. The van der Waals surface area contributed by atoms with Crippen LogP contribution in [0.1, 0.15) is 39.2 Å². The van der Waals surface area contributed by atoms with E-state index in [1.165, 1.54) is 39.1 Å². The van der Waals surface area contributed by atoms with E-state index in [0.29, 0.717) is 23.5 Å². The molecular weight excluding hydrogens is 525 g/mol. The molecule has 12 heteroatoms. The predicted octanol–water partition coefficient (Wildman–Crippen LogP) is 4.43. The van der Waals surface area contributed by atoms with Gasteiger partial charge in [-0.25, -0.2) is 18.7 Å². The molecule has 0 atom stereocenters. The summed E-state index contributed by atoms with van der Waals surface area (Å²) in [5.41, 5.74) is -2.36. The smallest absolute Gasteiger partial charge is 0.278 e. The molecule has 4 rings (SSSR count). The second-order valence-corrected chi connectivity index (χ2v) is 9.15. The highest BCUT2D eigenvalue weighted by Crippen LogP contribution is 2.29. The van der Waals surface area contributed by atoms with Gasteiger partial charge < -0.3 is 15.3 Å². The Labute approximate surface area is 223 Å². The van der Waals surface area contributed by atoms with Crippen LogP contribution in [0.3, 0.4) is 0 Å². The van der Waals surface area contributed by atoms with Gasteiger partial charge in [-0.15, -0.1) is 0 Å². The lowest BCUT2D eigenvalue weighted by atomic mass is 10.0. The van der Waals surface area contributed by atoms with Crippen molar-refractivity contribution in [2.75, 3.05) is 0 Å². The molecule has 0 fully saturated rings. The van der Waals surface area contributed by atoms with Crippen LogP contribution < -0.4 is 15.3 Å². The number of aryl methyl sites for hydroxylation is 2. The average molecular weight is 551 g/mol. The number of nitrogens with one attached hydrogen (secondary N) is 1. The lowest BCUT2D eigenvalue weighted by molar-refractivity contribution is -0.368. The summed E-state index contributed by atoms with van der Waals surface area (Å²) in [5, 5.41) is 9.70.